The van der Waals surface area contributed by atoms with Gasteiger partial charge in [0.1, 0.15) is 5.00 Å². The highest BCUT2D eigenvalue weighted by Crippen LogP contribution is 2.41. The standard InChI is InChI=1S/C18H19NO2S/c1-3-21-18(20)16-14-8-5-9-15(14)22-17(16)19-11-13-7-4-6-12(2)10-13/h4,6-7,10-11H,3,5,8-9H2,1-2H3. The van der Waals surface area contributed by atoms with E-state index in [1.165, 1.54) is 10.4 Å². The van der Waals surface area contributed by atoms with Gasteiger partial charge in [0.2, 0.25) is 0 Å². The lowest BCUT2D eigenvalue weighted by atomic mass is 10.1. The number of carbonyl (C=O) groups is 1. The van der Waals surface area contributed by atoms with Gasteiger partial charge in [-0.3, -0.25) is 0 Å². The second-order valence-electron chi connectivity index (χ2n) is 5.43. The third kappa shape index (κ3) is 2.97. The normalized spacial score (nSPS) is 13.5. The van der Waals surface area contributed by atoms with Crippen LogP contribution >= 0.6 is 11.3 Å². The zero-order chi connectivity index (χ0) is 15.5. The molecule has 1 aromatic heterocycles. The molecule has 4 heteroatoms. The van der Waals surface area contributed by atoms with E-state index in [4.69, 9.17) is 4.74 Å². The maximum Gasteiger partial charge on any atom is 0.341 e. The lowest BCUT2D eigenvalue weighted by molar-refractivity contribution is 0.0527. The van der Waals surface area contributed by atoms with Gasteiger partial charge < -0.3 is 4.74 Å². The van der Waals surface area contributed by atoms with E-state index in [1.54, 1.807) is 11.3 Å². The van der Waals surface area contributed by atoms with Crippen molar-refractivity contribution in [3.05, 3.63) is 51.4 Å². The van der Waals surface area contributed by atoms with Crippen LogP contribution in [0.3, 0.4) is 0 Å². The molecular weight excluding hydrogens is 294 g/mol. The molecule has 1 aromatic carbocycles. The number of aryl methyl sites for hydroxylation is 2. The summed E-state index contributed by atoms with van der Waals surface area (Å²) in [6.07, 6.45) is 4.96. The summed E-state index contributed by atoms with van der Waals surface area (Å²) >= 11 is 1.63. The van der Waals surface area contributed by atoms with Crippen molar-refractivity contribution < 1.29 is 9.53 Å². The predicted octanol–water partition coefficient (Wildman–Crippen LogP) is 4.47. The van der Waals surface area contributed by atoms with Gasteiger partial charge >= 0.3 is 5.97 Å². The molecule has 0 aliphatic heterocycles. The van der Waals surface area contributed by atoms with E-state index in [-0.39, 0.29) is 5.97 Å². The molecular formula is C18H19NO2S. The first-order valence-electron chi connectivity index (χ1n) is 7.61. The molecule has 114 valence electrons. The van der Waals surface area contributed by atoms with Gasteiger partial charge in [0, 0.05) is 11.1 Å². The molecule has 0 radical (unpaired) electrons. The molecule has 3 nitrogen and oxygen atoms in total. The molecule has 0 fully saturated rings. The number of benzene rings is 1. The summed E-state index contributed by atoms with van der Waals surface area (Å²) < 4.78 is 5.22. The fraction of sp³-hybridized carbons (Fsp3) is 0.333. The molecule has 1 aliphatic rings. The number of hydrogen-bond acceptors (Lipinski definition) is 4. The molecule has 1 heterocycles. The number of thiophene rings is 1. The van der Waals surface area contributed by atoms with Gasteiger partial charge in [-0.2, -0.15) is 0 Å². The smallest absolute Gasteiger partial charge is 0.341 e. The van der Waals surface area contributed by atoms with E-state index < -0.39 is 0 Å². The molecule has 2 aromatic rings. The summed E-state index contributed by atoms with van der Waals surface area (Å²) in [7, 11) is 0. The van der Waals surface area contributed by atoms with Gasteiger partial charge in [-0.25, -0.2) is 9.79 Å². The molecule has 0 bridgehead atoms. The average molecular weight is 313 g/mol. The third-order valence-electron chi connectivity index (χ3n) is 3.76. The first-order valence-corrected chi connectivity index (χ1v) is 8.43. The van der Waals surface area contributed by atoms with Crippen LogP contribution in [0.2, 0.25) is 0 Å². The monoisotopic (exact) mass is 313 g/mol. The molecule has 0 saturated heterocycles. The summed E-state index contributed by atoms with van der Waals surface area (Å²) in [6.45, 7) is 4.28. The Morgan fingerprint density at radius 2 is 2.27 bits per heavy atom. The van der Waals surface area contributed by atoms with Crippen LogP contribution in [0.1, 0.15) is 45.3 Å². The van der Waals surface area contributed by atoms with Crippen molar-refractivity contribution in [2.45, 2.75) is 33.1 Å². The fourth-order valence-electron chi connectivity index (χ4n) is 2.78. The van der Waals surface area contributed by atoms with Crippen molar-refractivity contribution in [1.29, 1.82) is 0 Å². The van der Waals surface area contributed by atoms with E-state index in [0.717, 1.165) is 35.4 Å². The summed E-state index contributed by atoms with van der Waals surface area (Å²) in [5.74, 6) is -0.238. The van der Waals surface area contributed by atoms with Crippen LogP contribution in [-0.4, -0.2) is 18.8 Å². The quantitative estimate of drug-likeness (QED) is 0.617. The summed E-state index contributed by atoms with van der Waals surface area (Å²) in [4.78, 5) is 18.1. The fourth-order valence-corrected chi connectivity index (χ4v) is 4.00. The second kappa shape index (κ2) is 6.44. The number of esters is 1. The predicted molar refractivity (Wildman–Crippen MR) is 90.7 cm³/mol. The Morgan fingerprint density at radius 1 is 1.41 bits per heavy atom. The molecule has 0 spiro atoms. The van der Waals surface area contributed by atoms with Crippen molar-refractivity contribution in [2.24, 2.45) is 4.99 Å². The molecule has 0 atom stereocenters. The third-order valence-corrected chi connectivity index (χ3v) is 4.96. The molecule has 0 saturated carbocycles. The Bertz CT molecular complexity index is 731. The maximum atomic E-state index is 12.3. The Labute approximate surface area is 134 Å². The molecule has 0 unspecified atom stereocenters. The van der Waals surface area contributed by atoms with Crippen molar-refractivity contribution in [2.75, 3.05) is 6.61 Å². The van der Waals surface area contributed by atoms with Crippen molar-refractivity contribution in [3.63, 3.8) is 0 Å². The largest absolute Gasteiger partial charge is 0.462 e. The van der Waals surface area contributed by atoms with Gasteiger partial charge in [-0.1, -0.05) is 29.8 Å². The molecule has 0 N–H and O–H groups in total. The Hall–Kier alpha value is -1.94. The van der Waals surface area contributed by atoms with Crippen molar-refractivity contribution in [1.82, 2.24) is 0 Å². The number of aliphatic imine (C=N–C) groups is 1. The van der Waals surface area contributed by atoms with E-state index in [1.807, 2.05) is 25.3 Å². The van der Waals surface area contributed by atoms with Crippen LogP contribution in [-0.2, 0) is 17.6 Å². The van der Waals surface area contributed by atoms with E-state index in [2.05, 4.69) is 24.0 Å². The van der Waals surface area contributed by atoms with Crippen LogP contribution < -0.4 is 0 Å². The molecule has 1 aliphatic carbocycles. The number of fused-ring (bicyclic) bond motifs is 1. The van der Waals surface area contributed by atoms with E-state index >= 15 is 0 Å². The minimum Gasteiger partial charge on any atom is -0.462 e. The second-order valence-corrected chi connectivity index (χ2v) is 6.51. The minimum absolute atomic E-state index is 0.238. The van der Waals surface area contributed by atoms with Crippen molar-refractivity contribution >= 4 is 28.5 Å². The first-order chi connectivity index (χ1) is 10.7. The SMILES string of the molecule is CCOC(=O)c1c(N=Cc2cccc(C)c2)sc2c1CCC2. The van der Waals surface area contributed by atoms with Crippen LogP contribution in [0.4, 0.5) is 5.00 Å². The summed E-state index contributed by atoms with van der Waals surface area (Å²) in [6, 6.07) is 8.16. The first kappa shape index (κ1) is 15.0. The lowest BCUT2D eigenvalue weighted by Gasteiger charge is -2.03. The Balaban J connectivity index is 1.95. The zero-order valence-corrected chi connectivity index (χ0v) is 13.7. The van der Waals surface area contributed by atoms with Gasteiger partial charge in [0.25, 0.3) is 0 Å². The van der Waals surface area contributed by atoms with Crippen LogP contribution in [0, 0.1) is 6.92 Å². The summed E-state index contributed by atoms with van der Waals surface area (Å²) in [5, 5.41) is 0.782. The van der Waals surface area contributed by atoms with Crippen molar-refractivity contribution in [3.8, 4) is 0 Å². The number of ether oxygens (including phenoxy) is 1. The Morgan fingerprint density at radius 3 is 3.05 bits per heavy atom. The van der Waals surface area contributed by atoms with Crippen LogP contribution in [0.25, 0.3) is 0 Å². The highest BCUT2D eigenvalue weighted by Gasteiger charge is 2.27. The van der Waals surface area contributed by atoms with Crippen LogP contribution in [0.15, 0.2) is 29.3 Å². The molecule has 3 rings (SSSR count). The van der Waals surface area contributed by atoms with Gasteiger partial charge in [-0.05, 0) is 44.2 Å². The van der Waals surface area contributed by atoms with Gasteiger partial charge in [-0.15, -0.1) is 11.3 Å². The number of rotatable bonds is 4. The minimum atomic E-state index is -0.238. The van der Waals surface area contributed by atoms with Gasteiger partial charge in [0.05, 0.1) is 12.2 Å². The number of carbonyl (C=O) groups excluding carboxylic acids is 1. The lowest BCUT2D eigenvalue weighted by Crippen LogP contribution is -2.06. The molecule has 0 amide bonds. The van der Waals surface area contributed by atoms with Gasteiger partial charge in [0.15, 0.2) is 0 Å². The Kier molecular flexibility index (Phi) is 4.39. The number of hydrogen-bond donors (Lipinski definition) is 0. The maximum absolute atomic E-state index is 12.3. The highest BCUT2D eigenvalue weighted by molar-refractivity contribution is 7.16. The van der Waals surface area contributed by atoms with Crippen LogP contribution in [0.5, 0.6) is 0 Å². The highest BCUT2D eigenvalue weighted by atomic mass is 32.1. The van der Waals surface area contributed by atoms with E-state index in [0.29, 0.717) is 12.2 Å². The van der Waals surface area contributed by atoms with E-state index in [9.17, 15) is 4.79 Å². The topological polar surface area (TPSA) is 38.7 Å². The number of nitrogens with zero attached hydrogens (tertiary/aromatic N) is 1. The zero-order valence-electron chi connectivity index (χ0n) is 12.9. The average Bonchev–Trinajstić information content (AvgIpc) is 3.05. The summed E-state index contributed by atoms with van der Waals surface area (Å²) in [5.41, 5.74) is 4.08. The molecule has 22 heavy (non-hydrogen) atoms.